The summed E-state index contributed by atoms with van der Waals surface area (Å²) >= 11 is 0. The highest BCUT2D eigenvalue weighted by Gasteiger charge is 2.41. The number of hydrogen-bond acceptors (Lipinski definition) is 3. The fraction of sp³-hybridized carbons (Fsp3) is 0.588. The van der Waals surface area contributed by atoms with Gasteiger partial charge < -0.3 is 15.2 Å². The van der Waals surface area contributed by atoms with E-state index in [2.05, 4.69) is 5.32 Å². The largest absolute Gasteiger partial charge is 0.444 e. The van der Waals surface area contributed by atoms with E-state index >= 15 is 0 Å². The van der Waals surface area contributed by atoms with Gasteiger partial charge in [0.2, 0.25) is 0 Å². The second kappa shape index (κ2) is 6.06. The predicted octanol–water partition coefficient (Wildman–Crippen LogP) is 3.56. The number of carbonyl (C=O) groups excluding carboxylic acids is 1. The minimum atomic E-state index is -0.891. The standard InChI is InChI=1S/C17H25NO3/c1-16(2,3)21-15(19)18-14(13-9-5-4-6-10-13)17(20)11-7-8-12-17/h4-6,9-10,14,20H,7-8,11-12H2,1-3H3,(H,18,19)/t14-/m0/s1. The first-order valence-corrected chi connectivity index (χ1v) is 7.57. The molecule has 1 saturated carbocycles. The Morgan fingerprint density at radius 2 is 1.81 bits per heavy atom. The maximum atomic E-state index is 12.1. The molecule has 0 saturated heterocycles. The van der Waals surface area contributed by atoms with Crippen molar-refractivity contribution in [3.8, 4) is 0 Å². The van der Waals surface area contributed by atoms with Gasteiger partial charge >= 0.3 is 6.09 Å². The van der Waals surface area contributed by atoms with Crippen LogP contribution in [-0.2, 0) is 4.74 Å². The van der Waals surface area contributed by atoms with E-state index in [0.29, 0.717) is 12.8 Å². The lowest BCUT2D eigenvalue weighted by atomic mass is 9.87. The quantitative estimate of drug-likeness (QED) is 0.895. The Bertz CT molecular complexity index is 473. The second-order valence-electron chi connectivity index (χ2n) is 6.80. The summed E-state index contributed by atoms with van der Waals surface area (Å²) in [4.78, 5) is 12.1. The molecule has 0 heterocycles. The van der Waals surface area contributed by atoms with Gasteiger partial charge in [-0.1, -0.05) is 43.2 Å². The average Bonchev–Trinajstić information content (AvgIpc) is 2.83. The highest BCUT2D eigenvalue weighted by molar-refractivity contribution is 5.68. The molecule has 0 aliphatic heterocycles. The van der Waals surface area contributed by atoms with E-state index < -0.39 is 23.3 Å². The van der Waals surface area contributed by atoms with Crippen molar-refractivity contribution >= 4 is 6.09 Å². The number of benzene rings is 1. The zero-order valence-corrected chi connectivity index (χ0v) is 13.1. The number of nitrogens with one attached hydrogen (secondary N) is 1. The van der Waals surface area contributed by atoms with Crippen LogP contribution in [-0.4, -0.2) is 22.4 Å². The number of amides is 1. The van der Waals surface area contributed by atoms with Gasteiger partial charge in [-0.15, -0.1) is 0 Å². The van der Waals surface area contributed by atoms with Crippen LogP contribution in [0.15, 0.2) is 30.3 Å². The van der Waals surface area contributed by atoms with Crippen LogP contribution in [0, 0.1) is 0 Å². The van der Waals surface area contributed by atoms with Gasteiger partial charge in [-0.3, -0.25) is 0 Å². The monoisotopic (exact) mass is 291 g/mol. The molecular weight excluding hydrogens is 266 g/mol. The Balaban J connectivity index is 2.19. The molecule has 1 aromatic rings. The molecule has 2 N–H and O–H groups in total. The first-order valence-electron chi connectivity index (χ1n) is 7.57. The Kier molecular flexibility index (Phi) is 4.57. The van der Waals surface area contributed by atoms with Gasteiger partial charge in [-0.25, -0.2) is 4.79 Å². The third kappa shape index (κ3) is 4.21. The summed E-state index contributed by atoms with van der Waals surface area (Å²) in [6.45, 7) is 5.48. The molecule has 0 bridgehead atoms. The molecule has 1 fully saturated rings. The van der Waals surface area contributed by atoms with Crippen molar-refractivity contribution in [3.05, 3.63) is 35.9 Å². The SMILES string of the molecule is CC(C)(C)OC(=O)N[C@@H](c1ccccc1)C1(O)CCCC1. The summed E-state index contributed by atoms with van der Waals surface area (Å²) in [6, 6.07) is 9.18. The summed E-state index contributed by atoms with van der Waals surface area (Å²) in [6.07, 6.45) is 2.87. The van der Waals surface area contributed by atoms with E-state index in [4.69, 9.17) is 4.74 Å². The first kappa shape index (κ1) is 15.8. The number of carbonyl (C=O) groups is 1. The molecule has 1 atom stereocenters. The number of rotatable bonds is 3. The topological polar surface area (TPSA) is 58.6 Å². The van der Waals surface area contributed by atoms with Gasteiger partial charge in [0, 0.05) is 0 Å². The van der Waals surface area contributed by atoms with Crippen LogP contribution in [0.5, 0.6) is 0 Å². The van der Waals surface area contributed by atoms with Gasteiger partial charge in [-0.05, 0) is 39.2 Å². The van der Waals surface area contributed by atoms with E-state index in [0.717, 1.165) is 18.4 Å². The molecule has 0 aromatic heterocycles. The third-order valence-corrected chi connectivity index (χ3v) is 3.80. The van der Waals surface area contributed by atoms with E-state index in [1.54, 1.807) is 0 Å². The zero-order chi connectivity index (χ0) is 15.5. The molecule has 116 valence electrons. The molecule has 21 heavy (non-hydrogen) atoms. The fourth-order valence-corrected chi connectivity index (χ4v) is 2.87. The molecule has 1 aliphatic rings. The molecule has 1 aromatic carbocycles. The molecular formula is C17H25NO3. The highest BCUT2D eigenvalue weighted by Crippen LogP contribution is 2.39. The number of hydrogen-bond donors (Lipinski definition) is 2. The summed E-state index contributed by atoms with van der Waals surface area (Å²) in [5.41, 5.74) is -0.533. The summed E-state index contributed by atoms with van der Waals surface area (Å²) in [7, 11) is 0. The lowest BCUT2D eigenvalue weighted by Gasteiger charge is -2.34. The van der Waals surface area contributed by atoms with Gasteiger partial charge in [0.1, 0.15) is 5.60 Å². The van der Waals surface area contributed by atoms with E-state index in [-0.39, 0.29) is 0 Å². The normalized spacial score (nSPS) is 19.0. The second-order valence-corrected chi connectivity index (χ2v) is 6.80. The molecule has 2 rings (SSSR count). The van der Waals surface area contributed by atoms with Crippen LogP contribution in [0.25, 0.3) is 0 Å². The maximum absolute atomic E-state index is 12.1. The van der Waals surface area contributed by atoms with Gasteiger partial charge in [0.25, 0.3) is 0 Å². The van der Waals surface area contributed by atoms with E-state index in [1.807, 2.05) is 51.1 Å². The van der Waals surface area contributed by atoms with Crippen LogP contribution in [0.3, 0.4) is 0 Å². The summed E-state index contributed by atoms with van der Waals surface area (Å²) < 4.78 is 5.33. The van der Waals surface area contributed by atoms with Crippen molar-refractivity contribution < 1.29 is 14.6 Å². The predicted molar refractivity (Wildman–Crippen MR) is 82.0 cm³/mol. The van der Waals surface area contributed by atoms with Crippen molar-refractivity contribution in [2.75, 3.05) is 0 Å². The molecule has 4 heteroatoms. The molecule has 1 amide bonds. The maximum Gasteiger partial charge on any atom is 0.408 e. The average molecular weight is 291 g/mol. The summed E-state index contributed by atoms with van der Waals surface area (Å²) in [5.74, 6) is 0. The van der Waals surface area contributed by atoms with Crippen LogP contribution in [0.1, 0.15) is 58.1 Å². The Labute approximate surface area is 126 Å². The van der Waals surface area contributed by atoms with Gasteiger partial charge in [0.15, 0.2) is 0 Å². The highest BCUT2D eigenvalue weighted by atomic mass is 16.6. The first-order chi connectivity index (χ1) is 9.80. The van der Waals surface area contributed by atoms with Crippen molar-refractivity contribution in [3.63, 3.8) is 0 Å². The van der Waals surface area contributed by atoms with Crippen LogP contribution in [0.2, 0.25) is 0 Å². The van der Waals surface area contributed by atoms with Gasteiger partial charge in [0.05, 0.1) is 11.6 Å². The number of alkyl carbamates (subject to hydrolysis) is 1. The fourth-order valence-electron chi connectivity index (χ4n) is 2.87. The number of ether oxygens (including phenoxy) is 1. The molecule has 0 unspecified atom stereocenters. The Morgan fingerprint density at radius 3 is 2.33 bits per heavy atom. The Morgan fingerprint density at radius 1 is 1.24 bits per heavy atom. The van der Waals surface area contributed by atoms with Crippen LogP contribution >= 0.6 is 0 Å². The molecule has 0 spiro atoms. The smallest absolute Gasteiger partial charge is 0.408 e. The van der Waals surface area contributed by atoms with E-state index in [9.17, 15) is 9.90 Å². The Hall–Kier alpha value is -1.55. The zero-order valence-electron chi connectivity index (χ0n) is 13.1. The molecule has 4 nitrogen and oxygen atoms in total. The van der Waals surface area contributed by atoms with Gasteiger partial charge in [-0.2, -0.15) is 0 Å². The van der Waals surface area contributed by atoms with Crippen LogP contribution in [0.4, 0.5) is 4.79 Å². The summed E-state index contributed by atoms with van der Waals surface area (Å²) in [5, 5.41) is 13.7. The van der Waals surface area contributed by atoms with Crippen molar-refractivity contribution in [2.45, 2.75) is 63.7 Å². The number of aliphatic hydroxyl groups is 1. The lowest BCUT2D eigenvalue weighted by Crippen LogP contribution is -2.46. The minimum absolute atomic E-state index is 0.434. The molecule has 0 radical (unpaired) electrons. The van der Waals surface area contributed by atoms with Crippen molar-refractivity contribution in [2.24, 2.45) is 0 Å². The van der Waals surface area contributed by atoms with Crippen molar-refractivity contribution in [1.82, 2.24) is 5.32 Å². The minimum Gasteiger partial charge on any atom is -0.444 e. The van der Waals surface area contributed by atoms with Crippen LogP contribution < -0.4 is 5.32 Å². The third-order valence-electron chi connectivity index (χ3n) is 3.80. The molecule has 1 aliphatic carbocycles. The van der Waals surface area contributed by atoms with Crippen molar-refractivity contribution in [1.29, 1.82) is 0 Å². The van der Waals surface area contributed by atoms with E-state index in [1.165, 1.54) is 0 Å². The lowest BCUT2D eigenvalue weighted by molar-refractivity contribution is -0.00345.